The van der Waals surface area contributed by atoms with Gasteiger partial charge < -0.3 is 4.90 Å². The van der Waals surface area contributed by atoms with Gasteiger partial charge in [-0.1, -0.05) is 66.7 Å². The Hall–Kier alpha value is -2.48. The maximum atomic E-state index is 13.0. The number of carbonyl (C=O) groups is 1. The first kappa shape index (κ1) is 21.2. The minimum Gasteiger partial charge on any atom is -0.337 e. The lowest BCUT2D eigenvalue weighted by Crippen LogP contribution is -2.41. The lowest BCUT2D eigenvalue weighted by Gasteiger charge is -2.25. The maximum absolute atomic E-state index is 13.0. The molecule has 1 heterocycles. The van der Waals surface area contributed by atoms with E-state index in [0.29, 0.717) is 19.5 Å². The number of nitrogens with zero attached hydrogens (tertiary/aromatic N) is 2. The zero-order valence-corrected chi connectivity index (χ0v) is 17.9. The van der Waals surface area contributed by atoms with Crippen molar-refractivity contribution in [2.45, 2.75) is 17.2 Å². The summed E-state index contributed by atoms with van der Waals surface area (Å²) in [6.45, 7) is 0.770. The van der Waals surface area contributed by atoms with Crippen LogP contribution in [0, 0.1) is 0 Å². The third-order valence-corrected chi connectivity index (χ3v) is 7.78. The Morgan fingerprint density at radius 3 is 2.10 bits per heavy atom. The summed E-state index contributed by atoms with van der Waals surface area (Å²) in [6, 6.07) is 22.9. The summed E-state index contributed by atoms with van der Waals surface area (Å²) >= 11 is 1.15. The molecular formula is C22H24N2O3S2. The molecule has 152 valence electrons. The van der Waals surface area contributed by atoms with E-state index in [1.807, 2.05) is 60.7 Å². The lowest BCUT2D eigenvalue weighted by molar-refractivity contribution is -0.131. The Morgan fingerprint density at radius 1 is 0.897 bits per heavy atom. The Morgan fingerprint density at radius 2 is 1.52 bits per heavy atom. The highest BCUT2D eigenvalue weighted by Crippen LogP contribution is 2.20. The van der Waals surface area contributed by atoms with Gasteiger partial charge >= 0.3 is 0 Å². The molecule has 0 spiro atoms. The summed E-state index contributed by atoms with van der Waals surface area (Å²) in [5, 5.41) is 1.71. The normalized spacial score (nSPS) is 11.5. The number of hydrogen-bond acceptors (Lipinski definition) is 4. The predicted molar refractivity (Wildman–Crippen MR) is 116 cm³/mol. The van der Waals surface area contributed by atoms with Crippen LogP contribution in [0.3, 0.4) is 0 Å². The molecule has 0 radical (unpaired) electrons. The first-order chi connectivity index (χ1) is 14.0. The molecule has 0 fully saturated rings. The summed E-state index contributed by atoms with van der Waals surface area (Å²) < 4.78 is 26.7. The van der Waals surface area contributed by atoms with E-state index in [4.69, 9.17) is 0 Å². The molecule has 2 aromatic carbocycles. The van der Waals surface area contributed by atoms with Crippen molar-refractivity contribution in [1.29, 1.82) is 0 Å². The standard InChI is InChI=1S/C22H24N2O3S2/c1-23(29(26,27)22-13-8-16-28-22)18-21(25)24(17-20-11-6-3-7-12-20)15-14-19-9-4-2-5-10-19/h2-13,16H,14-15,17-18H2,1H3. The van der Waals surface area contributed by atoms with Gasteiger partial charge in [0, 0.05) is 20.1 Å². The minimum absolute atomic E-state index is 0.193. The van der Waals surface area contributed by atoms with Gasteiger partial charge in [0.1, 0.15) is 4.21 Å². The quantitative estimate of drug-likeness (QED) is 0.523. The number of thiophene rings is 1. The van der Waals surface area contributed by atoms with Crippen molar-refractivity contribution in [2.75, 3.05) is 20.1 Å². The third kappa shape index (κ3) is 5.76. The van der Waals surface area contributed by atoms with Crippen LogP contribution in [0.25, 0.3) is 0 Å². The molecule has 0 aliphatic rings. The van der Waals surface area contributed by atoms with Crippen molar-refractivity contribution in [3.05, 3.63) is 89.3 Å². The summed E-state index contributed by atoms with van der Waals surface area (Å²) in [6.07, 6.45) is 0.709. The van der Waals surface area contributed by atoms with E-state index in [9.17, 15) is 13.2 Å². The van der Waals surface area contributed by atoms with E-state index in [2.05, 4.69) is 0 Å². The number of hydrogen-bond donors (Lipinski definition) is 0. The first-order valence-electron chi connectivity index (χ1n) is 9.32. The summed E-state index contributed by atoms with van der Waals surface area (Å²) in [4.78, 5) is 14.7. The van der Waals surface area contributed by atoms with Crippen LogP contribution < -0.4 is 0 Å². The molecular weight excluding hydrogens is 404 g/mol. The zero-order valence-electron chi connectivity index (χ0n) is 16.3. The molecule has 0 atom stereocenters. The Labute approximate surface area is 176 Å². The van der Waals surface area contributed by atoms with Gasteiger partial charge in [-0.25, -0.2) is 8.42 Å². The molecule has 0 saturated carbocycles. The van der Waals surface area contributed by atoms with Crippen molar-refractivity contribution in [3.8, 4) is 0 Å². The fraction of sp³-hybridized carbons (Fsp3) is 0.227. The second-order valence-corrected chi connectivity index (χ2v) is 9.95. The van der Waals surface area contributed by atoms with Gasteiger partial charge in [-0.2, -0.15) is 4.31 Å². The average Bonchev–Trinajstić information content (AvgIpc) is 3.28. The van der Waals surface area contributed by atoms with Crippen LogP contribution in [0.1, 0.15) is 11.1 Å². The van der Waals surface area contributed by atoms with E-state index in [0.717, 1.165) is 26.8 Å². The average molecular weight is 429 g/mol. The molecule has 0 N–H and O–H groups in total. The molecule has 7 heteroatoms. The molecule has 1 amide bonds. The molecule has 5 nitrogen and oxygen atoms in total. The second-order valence-electron chi connectivity index (χ2n) is 6.73. The largest absolute Gasteiger partial charge is 0.337 e. The molecule has 3 rings (SSSR count). The number of likely N-dealkylation sites (N-methyl/N-ethyl adjacent to an activating group) is 1. The summed E-state index contributed by atoms with van der Waals surface area (Å²) in [5.74, 6) is -0.215. The summed E-state index contributed by atoms with van der Waals surface area (Å²) in [7, 11) is -2.21. The third-order valence-electron chi connectivity index (χ3n) is 4.60. The van der Waals surface area contributed by atoms with Gasteiger partial charge in [0.15, 0.2) is 0 Å². The Balaban J connectivity index is 1.72. The number of carbonyl (C=O) groups excluding carboxylic acids is 1. The van der Waals surface area contributed by atoms with Crippen LogP contribution >= 0.6 is 11.3 Å². The zero-order chi connectivity index (χ0) is 20.7. The monoisotopic (exact) mass is 428 g/mol. The fourth-order valence-electron chi connectivity index (χ4n) is 2.94. The van der Waals surface area contributed by atoms with Crippen LogP contribution in [0.4, 0.5) is 0 Å². The SMILES string of the molecule is CN(CC(=O)N(CCc1ccccc1)Cc1ccccc1)S(=O)(=O)c1cccs1. The van der Waals surface area contributed by atoms with Crippen molar-refractivity contribution < 1.29 is 13.2 Å². The van der Waals surface area contributed by atoms with Crippen LogP contribution in [0.2, 0.25) is 0 Å². The van der Waals surface area contributed by atoms with E-state index in [-0.39, 0.29) is 16.7 Å². The Bertz CT molecular complexity index is 1000. The van der Waals surface area contributed by atoms with Crippen LogP contribution in [0.5, 0.6) is 0 Å². The summed E-state index contributed by atoms with van der Waals surface area (Å²) in [5.41, 5.74) is 2.15. The molecule has 29 heavy (non-hydrogen) atoms. The topological polar surface area (TPSA) is 57.7 Å². The molecule has 1 aromatic heterocycles. The highest BCUT2D eigenvalue weighted by molar-refractivity contribution is 7.91. The second kappa shape index (κ2) is 9.82. The van der Waals surface area contributed by atoms with E-state index < -0.39 is 10.0 Å². The fourth-order valence-corrected chi connectivity index (χ4v) is 5.27. The predicted octanol–water partition coefficient (Wildman–Crippen LogP) is 3.64. The molecule has 0 saturated heterocycles. The van der Waals surface area contributed by atoms with Crippen LogP contribution in [-0.4, -0.2) is 43.7 Å². The van der Waals surface area contributed by atoms with E-state index in [1.165, 1.54) is 7.05 Å². The van der Waals surface area contributed by atoms with Gasteiger partial charge in [-0.15, -0.1) is 11.3 Å². The smallest absolute Gasteiger partial charge is 0.252 e. The first-order valence-corrected chi connectivity index (χ1v) is 11.6. The van der Waals surface area contributed by atoms with Gasteiger partial charge in [0.2, 0.25) is 5.91 Å². The van der Waals surface area contributed by atoms with E-state index in [1.54, 1.807) is 22.4 Å². The Kier molecular flexibility index (Phi) is 7.19. The molecule has 0 bridgehead atoms. The van der Waals surface area contributed by atoms with Crippen molar-refractivity contribution in [3.63, 3.8) is 0 Å². The van der Waals surface area contributed by atoms with E-state index >= 15 is 0 Å². The molecule has 0 aliphatic heterocycles. The number of rotatable bonds is 9. The van der Waals surface area contributed by atoms with Crippen molar-refractivity contribution >= 4 is 27.3 Å². The van der Waals surface area contributed by atoms with Gasteiger partial charge in [0.05, 0.1) is 6.54 Å². The van der Waals surface area contributed by atoms with Gasteiger partial charge in [0.25, 0.3) is 10.0 Å². The van der Waals surface area contributed by atoms with Crippen LogP contribution in [-0.2, 0) is 27.8 Å². The van der Waals surface area contributed by atoms with Gasteiger partial charge in [-0.05, 0) is 29.0 Å². The number of amides is 1. The van der Waals surface area contributed by atoms with Crippen molar-refractivity contribution in [1.82, 2.24) is 9.21 Å². The highest BCUT2D eigenvalue weighted by Gasteiger charge is 2.26. The minimum atomic E-state index is -3.66. The maximum Gasteiger partial charge on any atom is 0.252 e. The lowest BCUT2D eigenvalue weighted by atomic mass is 10.1. The number of benzene rings is 2. The molecule has 0 aliphatic carbocycles. The number of sulfonamides is 1. The highest BCUT2D eigenvalue weighted by atomic mass is 32.2. The van der Waals surface area contributed by atoms with Gasteiger partial charge in [-0.3, -0.25) is 4.79 Å². The van der Waals surface area contributed by atoms with Crippen LogP contribution in [0.15, 0.2) is 82.4 Å². The van der Waals surface area contributed by atoms with Crippen molar-refractivity contribution in [2.24, 2.45) is 0 Å². The molecule has 3 aromatic rings. The molecule has 0 unspecified atom stereocenters.